The number of aryl methyl sites for hydroxylation is 3. The Labute approximate surface area is 144 Å². The van der Waals surface area contributed by atoms with Gasteiger partial charge in [0.15, 0.2) is 10.8 Å². The van der Waals surface area contributed by atoms with Crippen LogP contribution in [0.4, 0.5) is 0 Å². The maximum atomic E-state index is 4.45. The SMILES string of the molecule is Cc1ccc2cc(C)c3nnc(SCc4cccnc4)n3c2c1C. The molecule has 0 bridgehead atoms. The molecule has 5 heteroatoms. The molecule has 0 atom stereocenters. The summed E-state index contributed by atoms with van der Waals surface area (Å²) in [5, 5.41) is 11.0. The molecule has 0 aliphatic rings. The van der Waals surface area contributed by atoms with E-state index in [9.17, 15) is 0 Å². The predicted octanol–water partition coefficient (Wildman–Crippen LogP) is 4.50. The van der Waals surface area contributed by atoms with Crippen LogP contribution in [0.2, 0.25) is 0 Å². The van der Waals surface area contributed by atoms with Gasteiger partial charge in [-0.3, -0.25) is 9.38 Å². The highest BCUT2D eigenvalue weighted by molar-refractivity contribution is 7.98. The summed E-state index contributed by atoms with van der Waals surface area (Å²) in [6.45, 7) is 6.41. The topological polar surface area (TPSA) is 43.1 Å². The highest BCUT2D eigenvalue weighted by Crippen LogP contribution is 2.30. The average Bonchev–Trinajstić information content (AvgIpc) is 3.02. The minimum atomic E-state index is 0.828. The largest absolute Gasteiger partial charge is 0.269 e. The number of benzene rings is 1. The van der Waals surface area contributed by atoms with Gasteiger partial charge in [-0.25, -0.2) is 0 Å². The van der Waals surface area contributed by atoms with Gasteiger partial charge < -0.3 is 0 Å². The lowest BCUT2D eigenvalue weighted by Gasteiger charge is -2.11. The van der Waals surface area contributed by atoms with E-state index in [4.69, 9.17) is 0 Å². The number of thioether (sulfide) groups is 1. The van der Waals surface area contributed by atoms with Crippen molar-refractivity contribution in [1.82, 2.24) is 19.6 Å². The number of nitrogens with zero attached hydrogens (tertiary/aromatic N) is 4. The Morgan fingerprint density at radius 3 is 2.71 bits per heavy atom. The van der Waals surface area contributed by atoms with Crippen LogP contribution in [0.15, 0.2) is 47.9 Å². The molecule has 0 radical (unpaired) electrons. The highest BCUT2D eigenvalue weighted by Gasteiger charge is 2.14. The molecule has 0 N–H and O–H groups in total. The monoisotopic (exact) mass is 334 g/mol. The first-order valence-electron chi connectivity index (χ1n) is 7.91. The Morgan fingerprint density at radius 1 is 1.04 bits per heavy atom. The first-order valence-corrected chi connectivity index (χ1v) is 8.90. The molecule has 0 spiro atoms. The predicted molar refractivity (Wildman–Crippen MR) is 98.5 cm³/mol. The Balaban J connectivity index is 1.89. The van der Waals surface area contributed by atoms with Crippen molar-refractivity contribution in [3.05, 3.63) is 65.0 Å². The van der Waals surface area contributed by atoms with Gasteiger partial charge in [0.1, 0.15) is 0 Å². The smallest absolute Gasteiger partial charge is 0.196 e. The van der Waals surface area contributed by atoms with Crippen molar-refractivity contribution >= 4 is 28.3 Å². The quantitative estimate of drug-likeness (QED) is 0.518. The van der Waals surface area contributed by atoms with Crippen molar-refractivity contribution in [1.29, 1.82) is 0 Å². The summed E-state index contributed by atoms with van der Waals surface area (Å²) < 4.78 is 2.20. The lowest BCUT2D eigenvalue weighted by Crippen LogP contribution is -1.97. The number of hydrogen-bond donors (Lipinski definition) is 0. The summed E-state index contributed by atoms with van der Waals surface area (Å²) in [7, 11) is 0. The van der Waals surface area contributed by atoms with Gasteiger partial charge in [0.25, 0.3) is 0 Å². The number of aromatic nitrogens is 4. The van der Waals surface area contributed by atoms with Crippen LogP contribution in [0.5, 0.6) is 0 Å². The molecule has 3 heterocycles. The van der Waals surface area contributed by atoms with Crippen LogP contribution in [0, 0.1) is 20.8 Å². The maximum Gasteiger partial charge on any atom is 0.196 e. The van der Waals surface area contributed by atoms with Gasteiger partial charge in [0.2, 0.25) is 0 Å². The second-order valence-corrected chi connectivity index (χ2v) is 7.01. The van der Waals surface area contributed by atoms with Crippen molar-refractivity contribution in [3.8, 4) is 0 Å². The average molecular weight is 334 g/mol. The molecule has 0 fully saturated rings. The van der Waals surface area contributed by atoms with E-state index in [0.29, 0.717) is 0 Å². The Morgan fingerprint density at radius 2 is 1.92 bits per heavy atom. The second kappa shape index (κ2) is 5.91. The molecule has 4 aromatic rings. The fraction of sp³-hybridized carbons (Fsp3) is 0.211. The Bertz CT molecular complexity index is 1040. The third-order valence-electron chi connectivity index (χ3n) is 4.41. The van der Waals surface area contributed by atoms with Crippen LogP contribution in [0.25, 0.3) is 16.6 Å². The Kier molecular flexibility index (Phi) is 3.73. The summed E-state index contributed by atoms with van der Waals surface area (Å²) in [6.07, 6.45) is 3.69. The van der Waals surface area contributed by atoms with Crippen molar-refractivity contribution in [2.75, 3.05) is 0 Å². The van der Waals surface area contributed by atoms with Crippen LogP contribution in [-0.2, 0) is 5.75 Å². The lowest BCUT2D eigenvalue weighted by molar-refractivity contribution is 0.937. The minimum Gasteiger partial charge on any atom is -0.269 e. The minimum absolute atomic E-state index is 0.828. The van der Waals surface area contributed by atoms with E-state index in [1.54, 1.807) is 18.0 Å². The summed E-state index contributed by atoms with van der Waals surface area (Å²) >= 11 is 1.70. The summed E-state index contributed by atoms with van der Waals surface area (Å²) in [4.78, 5) is 4.18. The van der Waals surface area contributed by atoms with Gasteiger partial charge in [-0.2, -0.15) is 0 Å². The van der Waals surface area contributed by atoms with Crippen LogP contribution in [0.3, 0.4) is 0 Å². The van der Waals surface area contributed by atoms with E-state index in [0.717, 1.165) is 22.1 Å². The number of pyridine rings is 2. The van der Waals surface area contributed by atoms with Gasteiger partial charge in [-0.1, -0.05) is 30.0 Å². The highest BCUT2D eigenvalue weighted by atomic mass is 32.2. The molecule has 4 nitrogen and oxygen atoms in total. The van der Waals surface area contributed by atoms with E-state index in [1.807, 2.05) is 12.3 Å². The molecule has 0 unspecified atom stereocenters. The zero-order valence-corrected chi connectivity index (χ0v) is 14.8. The van der Waals surface area contributed by atoms with E-state index in [2.05, 4.69) is 64.6 Å². The van der Waals surface area contributed by atoms with Gasteiger partial charge >= 0.3 is 0 Å². The molecule has 0 aliphatic carbocycles. The molecule has 0 amide bonds. The fourth-order valence-electron chi connectivity index (χ4n) is 2.98. The summed E-state index contributed by atoms with van der Waals surface area (Å²) in [6, 6.07) is 10.6. The van der Waals surface area contributed by atoms with Gasteiger partial charge in [0.05, 0.1) is 5.52 Å². The third-order valence-corrected chi connectivity index (χ3v) is 5.41. The number of rotatable bonds is 3. The normalized spacial score (nSPS) is 11.5. The van der Waals surface area contributed by atoms with Crippen molar-refractivity contribution in [3.63, 3.8) is 0 Å². The second-order valence-electron chi connectivity index (χ2n) is 6.06. The third kappa shape index (κ3) is 2.45. The molecule has 3 aromatic heterocycles. The zero-order chi connectivity index (χ0) is 16.7. The van der Waals surface area contributed by atoms with Gasteiger partial charge in [-0.15, -0.1) is 10.2 Å². The molecule has 4 rings (SSSR count). The molecule has 1 aromatic carbocycles. The molecular formula is C19H18N4S. The molecule has 0 saturated heterocycles. The number of fused-ring (bicyclic) bond motifs is 3. The van der Waals surface area contributed by atoms with Crippen LogP contribution >= 0.6 is 11.8 Å². The van der Waals surface area contributed by atoms with E-state index in [1.165, 1.54) is 27.6 Å². The van der Waals surface area contributed by atoms with Gasteiger partial charge in [-0.05, 0) is 60.5 Å². The maximum absolute atomic E-state index is 4.45. The summed E-state index contributed by atoms with van der Waals surface area (Å²) in [5.41, 5.74) is 7.03. The van der Waals surface area contributed by atoms with Crippen LogP contribution in [-0.4, -0.2) is 19.6 Å². The van der Waals surface area contributed by atoms with Crippen LogP contribution < -0.4 is 0 Å². The molecular weight excluding hydrogens is 316 g/mol. The zero-order valence-electron chi connectivity index (χ0n) is 13.9. The van der Waals surface area contributed by atoms with E-state index < -0.39 is 0 Å². The summed E-state index contributed by atoms with van der Waals surface area (Å²) in [5.74, 6) is 0.828. The molecule has 0 saturated carbocycles. The molecule has 24 heavy (non-hydrogen) atoms. The van der Waals surface area contributed by atoms with Crippen molar-refractivity contribution in [2.24, 2.45) is 0 Å². The van der Waals surface area contributed by atoms with Crippen molar-refractivity contribution < 1.29 is 0 Å². The van der Waals surface area contributed by atoms with E-state index in [-0.39, 0.29) is 0 Å². The Hall–Kier alpha value is -2.40. The first kappa shape index (κ1) is 15.1. The lowest BCUT2D eigenvalue weighted by atomic mass is 10.0. The molecule has 120 valence electrons. The van der Waals surface area contributed by atoms with Crippen LogP contribution in [0.1, 0.15) is 22.3 Å². The first-order chi connectivity index (χ1) is 11.6. The fourth-order valence-corrected chi connectivity index (χ4v) is 3.86. The standard InChI is InChI=1S/C19H18N4S/c1-12-6-7-16-9-13(2)18-21-22-19(23(18)17(16)14(12)3)24-11-15-5-4-8-20-10-15/h4-10H,11H2,1-3H3. The van der Waals surface area contributed by atoms with E-state index >= 15 is 0 Å². The number of hydrogen-bond acceptors (Lipinski definition) is 4. The molecule has 0 aliphatic heterocycles. The van der Waals surface area contributed by atoms with Gasteiger partial charge in [0, 0.05) is 18.1 Å². The van der Waals surface area contributed by atoms with Crippen molar-refractivity contribution in [2.45, 2.75) is 31.7 Å².